The quantitative estimate of drug-likeness (QED) is 0.00691. The highest BCUT2D eigenvalue weighted by Crippen LogP contribution is 2.57. The number of phosphoric ester groups is 1. The van der Waals surface area contributed by atoms with E-state index in [2.05, 4.69) is 59.4 Å². The highest BCUT2D eigenvalue weighted by atomic mass is 32.1. The average molecular weight is 1350 g/mol. The van der Waals surface area contributed by atoms with Crippen LogP contribution in [-0.4, -0.2) is 95.5 Å². The smallest absolute Gasteiger partial charge is 0.472 e. The van der Waals surface area contributed by atoms with Gasteiger partial charge < -0.3 is 55.3 Å². The molecular formula is C73H109N4O15PS. The molecule has 2 amide bonds. The molecule has 3 aromatic carbocycles. The zero-order chi connectivity index (χ0) is 67.5. The number of ether oxygens (including phenoxy) is 4. The number of esters is 3. The zero-order valence-electron chi connectivity index (χ0n) is 56.2. The maximum absolute atomic E-state index is 13.5. The summed E-state index contributed by atoms with van der Waals surface area (Å²) in [6.45, 7) is 4.24. The number of hydrogen-bond donors (Lipinski definition) is 7. The Hall–Kier alpha value is -6.31. The average Bonchev–Trinajstić information content (AvgIpc) is 1.45. The van der Waals surface area contributed by atoms with Crippen LogP contribution in [0.4, 0.5) is 5.69 Å². The molecule has 2 atom stereocenters. The van der Waals surface area contributed by atoms with E-state index in [-0.39, 0.29) is 68.8 Å². The van der Waals surface area contributed by atoms with Crippen LogP contribution in [-0.2, 0) is 52.6 Å². The van der Waals surface area contributed by atoms with Crippen LogP contribution < -0.4 is 26.0 Å². The van der Waals surface area contributed by atoms with Crippen molar-refractivity contribution in [1.29, 1.82) is 0 Å². The molecule has 94 heavy (non-hydrogen) atoms. The first-order chi connectivity index (χ1) is 45.6. The number of phenolic OH excluding ortho intramolecular Hbond substituents is 2. The number of hydrogen-bond acceptors (Lipinski definition) is 15. The monoisotopic (exact) mass is 1340 g/mol. The molecule has 2 aliphatic rings. The molecule has 5 rings (SSSR count). The molecule has 1 spiro atoms. The van der Waals surface area contributed by atoms with Gasteiger partial charge in [0, 0.05) is 79.8 Å². The van der Waals surface area contributed by atoms with Crippen molar-refractivity contribution in [3.63, 3.8) is 0 Å². The Labute approximate surface area is 564 Å². The Morgan fingerprint density at radius 3 is 1.54 bits per heavy atom. The third-order valence-corrected chi connectivity index (χ3v) is 17.9. The van der Waals surface area contributed by atoms with Crippen molar-refractivity contribution in [2.45, 2.75) is 250 Å². The van der Waals surface area contributed by atoms with E-state index in [1.807, 2.05) is 0 Å². The Bertz CT molecular complexity index is 2830. The number of phosphoric acid groups is 1. The Balaban J connectivity index is 0.900. The number of carbonyl (C=O) groups is 5. The fourth-order valence-electron chi connectivity index (χ4n) is 11.4. The molecule has 2 heterocycles. The number of nitrogens with one attached hydrogen (secondary N) is 4. The predicted octanol–water partition coefficient (Wildman–Crippen LogP) is 16.6. The molecule has 0 fully saturated rings. The molecule has 0 aliphatic carbocycles. The zero-order valence-corrected chi connectivity index (χ0v) is 57.9. The van der Waals surface area contributed by atoms with Gasteiger partial charge in [-0.25, -0.2) is 9.36 Å². The normalized spacial score (nSPS) is 13.8. The summed E-state index contributed by atoms with van der Waals surface area (Å²) in [6, 6.07) is 14.4. The van der Waals surface area contributed by atoms with E-state index >= 15 is 0 Å². The number of rotatable bonds is 52. The number of aromatic hydroxyl groups is 2. The van der Waals surface area contributed by atoms with Gasteiger partial charge in [0.15, 0.2) is 16.8 Å². The van der Waals surface area contributed by atoms with Gasteiger partial charge >= 0.3 is 25.7 Å². The Morgan fingerprint density at radius 2 is 1.00 bits per heavy atom. The first kappa shape index (κ1) is 78.4. The number of fused-ring (bicyclic) bond motifs is 6. The summed E-state index contributed by atoms with van der Waals surface area (Å²) in [5, 5.41) is 32.6. The van der Waals surface area contributed by atoms with Gasteiger partial charge in [0.25, 0.3) is 0 Å². The molecule has 2 unspecified atom stereocenters. The molecular weight excluding hydrogens is 1240 g/mol. The van der Waals surface area contributed by atoms with Crippen molar-refractivity contribution < 1.29 is 71.6 Å². The van der Waals surface area contributed by atoms with E-state index in [0.717, 1.165) is 96.3 Å². The van der Waals surface area contributed by atoms with Crippen LogP contribution in [0.25, 0.3) is 0 Å². The van der Waals surface area contributed by atoms with E-state index in [4.69, 9.17) is 40.2 Å². The summed E-state index contributed by atoms with van der Waals surface area (Å²) in [5.74, 6) is -1.43. The highest BCUT2D eigenvalue weighted by Gasteiger charge is 2.54. The molecule has 7 N–H and O–H groups in total. The van der Waals surface area contributed by atoms with Crippen molar-refractivity contribution in [3.8, 4) is 23.0 Å². The Kier molecular flexibility index (Phi) is 38.3. The van der Waals surface area contributed by atoms with Gasteiger partial charge in [-0.2, -0.15) is 0 Å². The van der Waals surface area contributed by atoms with Crippen LogP contribution in [0.15, 0.2) is 78.9 Å². The summed E-state index contributed by atoms with van der Waals surface area (Å²) in [7, 11) is -4.66. The van der Waals surface area contributed by atoms with Crippen molar-refractivity contribution in [3.05, 3.63) is 101 Å². The maximum Gasteiger partial charge on any atom is 0.472 e. The molecule has 2 aliphatic heterocycles. The molecule has 522 valence electrons. The number of carbonyl (C=O) groups excluding carboxylic acids is 5. The lowest BCUT2D eigenvalue weighted by atomic mass is 9.77. The van der Waals surface area contributed by atoms with E-state index in [0.29, 0.717) is 83.3 Å². The topological polar surface area (TPSA) is 267 Å². The molecule has 0 radical (unpaired) electrons. The minimum absolute atomic E-state index is 0.0303. The molecule has 0 aromatic heterocycles. The minimum Gasteiger partial charge on any atom is -0.508 e. The molecule has 0 saturated heterocycles. The summed E-state index contributed by atoms with van der Waals surface area (Å²) in [6.07, 6.45) is 41.5. The molecule has 0 bridgehead atoms. The van der Waals surface area contributed by atoms with Crippen LogP contribution in [0.3, 0.4) is 0 Å². The summed E-state index contributed by atoms with van der Waals surface area (Å²) >= 11 is 5.54. The van der Waals surface area contributed by atoms with Crippen molar-refractivity contribution >= 4 is 60.6 Å². The number of phenols is 2. The lowest BCUT2D eigenvalue weighted by Crippen LogP contribution is -2.33. The molecule has 21 heteroatoms. The van der Waals surface area contributed by atoms with Gasteiger partial charge in [0.05, 0.1) is 18.8 Å². The summed E-state index contributed by atoms with van der Waals surface area (Å²) in [4.78, 5) is 74.7. The second-order valence-corrected chi connectivity index (χ2v) is 26.6. The van der Waals surface area contributed by atoms with Gasteiger partial charge in [-0.1, -0.05) is 147 Å². The fourth-order valence-corrected chi connectivity index (χ4v) is 12.4. The number of amides is 2. The standard InChI is InChI=1S/C73H109N4O15PS/c1-3-5-7-9-11-13-15-17-19-21-23-25-27-29-32-40-69(82)87-55-60(90-70(83)41-33-30-28-26-24-22-20-18-16-14-12-10-8-6-4-2)56-89-93(85,86)88-51-50-75-68(81)39-35-34-38-67(80)74-48-36-31-37-49-76-72(94)77-57-42-45-62-61(52-57)71(84)92-73(62)63-46-43-58(78)53-65(63)91-66-54-59(79)44-47-64(66)73/h17-20,42-47,52-54,60,78-79H,3-16,21-41,48-51,55-56H2,1-2H3,(H,74,80)(H,75,81)(H,85,86)(H2,76,77,94)/b19-17-,20-18-. The van der Waals surface area contributed by atoms with E-state index in [9.17, 15) is 43.6 Å². The summed E-state index contributed by atoms with van der Waals surface area (Å²) in [5.41, 5.74) is 1.16. The Morgan fingerprint density at radius 1 is 0.543 bits per heavy atom. The SMILES string of the molecule is CCCCCCCC/C=C\CCCCCCCC(=O)OCC(COP(=O)(O)OCCNC(=O)CCCCC(=O)NCCCCCNC(=S)Nc1ccc2c(c1)C(=O)OC21c2ccc(O)cc2Oc2cc(O)ccc21)OC(=O)CCCCCCC/C=C\CCCCCCCC. The second kappa shape index (κ2) is 46.0. The van der Waals surface area contributed by atoms with E-state index < -0.39 is 44.0 Å². The van der Waals surface area contributed by atoms with Crippen LogP contribution in [0.2, 0.25) is 0 Å². The lowest BCUT2D eigenvalue weighted by molar-refractivity contribution is -0.161. The fraction of sp³-hybridized carbons (Fsp3) is 0.616. The van der Waals surface area contributed by atoms with Gasteiger partial charge in [-0.05, 0) is 145 Å². The number of thiocarbonyl (C=S) groups is 1. The van der Waals surface area contributed by atoms with Crippen LogP contribution >= 0.6 is 20.0 Å². The first-order valence-corrected chi connectivity index (χ1v) is 37.1. The number of anilines is 1. The van der Waals surface area contributed by atoms with Crippen LogP contribution in [0.1, 0.15) is 266 Å². The van der Waals surface area contributed by atoms with Crippen LogP contribution in [0.5, 0.6) is 23.0 Å². The van der Waals surface area contributed by atoms with Gasteiger partial charge in [0.2, 0.25) is 11.8 Å². The summed E-state index contributed by atoms with van der Waals surface area (Å²) < 4.78 is 46.4. The van der Waals surface area contributed by atoms with E-state index in [1.54, 1.807) is 30.3 Å². The van der Waals surface area contributed by atoms with Crippen molar-refractivity contribution in [1.82, 2.24) is 16.0 Å². The van der Waals surface area contributed by atoms with Crippen molar-refractivity contribution in [2.24, 2.45) is 0 Å². The van der Waals surface area contributed by atoms with Gasteiger partial charge in [-0.3, -0.25) is 28.2 Å². The number of allylic oxidation sites excluding steroid dienone is 4. The van der Waals surface area contributed by atoms with Crippen LogP contribution in [0, 0.1) is 0 Å². The first-order valence-electron chi connectivity index (χ1n) is 35.2. The van der Waals surface area contributed by atoms with E-state index in [1.165, 1.54) is 101 Å². The molecule has 0 saturated carbocycles. The second-order valence-electron chi connectivity index (χ2n) is 24.7. The lowest BCUT2D eigenvalue weighted by Gasteiger charge is -2.36. The number of unbranched alkanes of at least 4 members (excludes halogenated alkanes) is 25. The molecule has 19 nitrogen and oxygen atoms in total. The largest absolute Gasteiger partial charge is 0.508 e. The van der Waals surface area contributed by atoms with Crippen molar-refractivity contribution in [2.75, 3.05) is 44.8 Å². The minimum atomic E-state index is -4.66. The molecule has 3 aromatic rings. The predicted molar refractivity (Wildman–Crippen MR) is 372 cm³/mol. The third-order valence-electron chi connectivity index (χ3n) is 16.7. The highest BCUT2D eigenvalue weighted by molar-refractivity contribution is 7.80. The van der Waals surface area contributed by atoms with Gasteiger partial charge in [0.1, 0.15) is 29.6 Å². The number of benzene rings is 3. The van der Waals surface area contributed by atoms with Gasteiger partial charge in [-0.15, -0.1) is 0 Å². The maximum atomic E-state index is 13.5. The third kappa shape index (κ3) is 30.6.